The largest absolute Gasteiger partial charge is 0.389 e. The lowest BCUT2D eigenvalue weighted by molar-refractivity contribution is 0.199. The fourth-order valence-electron chi connectivity index (χ4n) is 2.76. The summed E-state index contributed by atoms with van der Waals surface area (Å²) in [7, 11) is 0. The molecule has 0 aliphatic carbocycles. The van der Waals surface area contributed by atoms with Crippen LogP contribution in [0.5, 0.6) is 0 Å². The van der Waals surface area contributed by atoms with Gasteiger partial charge in [-0.2, -0.15) is 0 Å². The average molecular weight is 298 g/mol. The molecule has 2 nitrogen and oxygen atoms in total. The van der Waals surface area contributed by atoms with Crippen molar-refractivity contribution in [1.82, 2.24) is 0 Å². The molecule has 0 radical (unpaired) electrons. The molecule has 1 heterocycles. The van der Waals surface area contributed by atoms with Crippen molar-refractivity contribution in [1.29, 1.82) is 0 Å². The Hall–Kier alpha value is -0.540. The molecule has 0 bridgehead atoms. The van der Waals surface area contributed by atoms with E-state index in [1.807, 2.05) is 13.0 Å². The highest BCUT2D eigenvalue weighted by molar-refractivity contribution is 9.10. The van der Waals surface area contributed by atoms with Crippen LogP contribution in [-0.2, 0) is 0 Å². The maximum atomic E-state index is 9.89. The van der Waals surface area contributed by atoms with Crippen molar-refractivity contribution in [2.45, 2.75) is 39.3 Å². The van der Waals surface area contributed by atoms with E-state index in [0.717, 1.165) is 22.5 Å². The Morgan fingerprint density at radius 3 is 2.65 bits per heavy atom. The van der Waals surface area contributed by atoms with E-state index >= 15 is 0 Å². The van der Waals surface area contributed by atoms with Gasteiger partial charge in [0.15, 0.2) is 0 Å². The van der Waals surface area contributed by atoms with E-state index in [0.29, 0.717) is 6.04 Å². The molecule has 1 aromatic carbocycles. The molecule has 0 amide bonds. The molecule has 1 saturated heterocycles. The van der Waals surface area contributed by atoms with E-state index in [2.05, 4.69) is 46.8 Å². The fourth-order valence-corrected chi connectivity index (χ4v) is 3.14. The van der Waals surface area contributed by atoms with Gasteiger partial charge in [-0.25, -0.2) is 0 Å². The number of hydrogen-bond acceptors (Lipinski definition) is 2. The minimum atomic E-state index is -0.425. The van der Waals surface area contributed by atoms with Gasteiger partial charge in [0, 0.05) is 28.3 Å². The van der Waals surface area contributed by atoms with Gasteiger partial charge in [-0.1, -0.05) is 22.9 Å². The number of anilines is 1. The molecular weight excluding hydrogens is 278 g/mol. The van der Waals surface area contributed by atoms with Crippen molar-refractivity contribution in [2.24, 2.45) is 5.92 Å². The summed E-state index contributed by atoms with van der Waals surface area (Å²) in [5.41, 5.74) is 2.19. The minimum absolute atomic E-state index is 0.425. The van der Waals surface area contributed by atoms with E-state index in [9.17, 15) is 5.11 Å². The molecule has 94 valence electrons. The Morgan fingerprint density at radius 1 is 1.41 bits per heavy atom. The monoisotopic (exact) mass is 297 g/mol. The Bertz CT molecular complexity index is 405. The first-order chi connectivity index (χ1) is 7.99. The van der Waals surface area contributed by atoms with Gasteiger partial charge in [-0.05, 0) is 44.4 Å². The maximum Gasteiger partial charge on any atom is 0.0782 e. The highest BCUT2D eigenvalue weighted by Gasteiger charge is 2.28. The number of benzene rings is 1. The Balaban J connectivity index is 2.38. The van der Waals surface area contributed by atoms with Crippen molar-refractivity contribution in [2.75, 3.05) is 11.4 Å². The number of aliphatic hydroxyl groups excluding tert-OH is 1. The molecule has 0 spiro atoms. The average Bonchev–Trinajstić information content (AvgIpc) is 2.57. The normalized spacial score (nSPS) is 26.3. The first kappa shape index (κ1) is 12.9. The summed E-state index contributed by atoms with van der Waals surface area (Å²) in [6.07, 6.45) is 0.806. The number of nitrogens with zero attached hydrogens (tertiary/aromatic N) is 1. The van der Waals surface area contributed by atoms with Crippen LogP contribution in [0.25, 0.3) is 0 Å². The predicted octanol–water partition coefficient (Wildman–Crippen LogP) is 3.74. The van der Waals surface area contributed by atoms with Gasteiger partial charge in [0.25, 0.3) is 0 Å². The number of hydrogen-bond donors (Lipinski definition) is 1. The first-order valence-corrected chi connectivity index (χ1v) is 7.02. The third kappa shape index (κ3) is 2.66. The lowest BCUT2D eigenvalue weighted by atomic mass is 10.1. The summed E-state index contributed by atoms with van der Waals surface area (Å²) in [6, 6.07) is 6.75. The van der Waals surface area contributed by atoms with E-state index in [1.165, 1.54) is 12.1 Å². The van der Waals surface area contributed by atoms with Gasteiger partial charge in [0.1, 0.15) is 0 Å². The van der Waals surface area contributed by atoms with Crippen LogP contribution in [0.1, 0.15) is 38.9 Å². The molecule has 0 saturated carbocycles. The highest BCUT2D eigenvalue weighted by atomic mass is 79.9. The lowest BCUT2D eigenvalue weighted by Crippen LogP contribution is -2.28. The van der Waals surface area contributed by atoms with Crippen LogP contribution in [0.4, 0.5) is 5.69 Å². The number of rotatable bonds is 2. The van der Waals surface area contributed by atoms with Gasteiger partial charge in [-0.15, -0.1) is 0 Å². The van der Waals surface area contributed by atoms with Gasteiger partial charge < -0.3 is 10.0 Å². The topological polar surface area (TPSA) is 23.5 Å². The van der Waals surface area contributed by atoms with Gasteiger partial charge in [-0.3, -0.25) is 0 Å². The molecule has 1 aliphatic rings. The van der Waals surface area contributed by atoms with Crippen LogP contribution >= 0.6 is 15.9 Å². The quantitative estimate of drug-likeness (QED) is 0.899. The van der Waals surface area contributed by atoms with Crippen molar-refractivity contribution in [3.63, 3.8) is 0 Å². The lowest BCUT2D eigenvalue weighted by Gasteiger charge is -2.27. The summed E-state index contributed by atoms with van der Waals surface area (Å²) < 4.78 is 1.03. The molecule has 1 fully saturated rings. The minimum Gasteiger partial charge on any atom is -0.389 e. The zero-order valence-corrected chi connectivity index (χ0v) is 12.2. The van der Waals surface area contributed by atoms with Crippen LogP contribution in [0.2, 0.25) is 0 Å². The summed E-state index contributed by atoms with van der Waals surface area (Å²) >= 11 is 3.47. The Morgan fingerprint density at radius 2 is 2.12 bits per heavy atom. The zero-order valence-electron chi connectivity index (χ0n) is 10.7. The number of halogens is 1. The van der Waals surface area contributed by atoms with Crippen LogP contribution in [0.15, 0.2) is 22.7 Å². The Labute approximate surface area is 112 Å². The summed E-state index contributed by atoms with van der Waals surface area (Å²) in [6.45, 7) is 7.47. The van der Waals surface area contributed by atoms with Crippen molar-refractivity contribution >= 4 is 21.6 Å². The van der Waals surface area contributed by atoms with Crippen molar-refractivity contribution in [3.8, 4) is 0 Å². The highest BCUT2D eigenvalue weighted by Crippen LogP contribution is 2.35. The van der Waals surface area contributed by atoms with E-state index in [1.54, 1.807) is 0 Å². The zero-order chi connectivity index (χ0) is 12.6. The van der Waals surface area contributed by atoms with E-state index in [-0.39, 0.29) is 0 Å². The number of aliphatic hydroxyl groups is 1. The molecule has 17 heavy (non-hydrogen) atoms. The van der Waals surface area contributed by atoms with Crippen molar-refractivity contribution in [3.05, 3.63) is 28.2 Å². The molecule has 3 heteroatoms. The molecule has 1 aliphatic heterocycles. The molecule has 0 aromatic heterocycles. The molecule has 3 atom stereocenters. The smallest absolute Gasteiger partial charge is 0.0782 e. The fraction of sp³-hybridized carbons (Fsp3) is 0.571. The Kier molecular flexibility index (Phi) is 3.79. The van der Waals surface area contributed by atoms with Gasteiger partial charge in [0.05, 0.1) is 6.10 Å². The molecule has 2 rings (SSSR count). The van der Waals surface area contributed by atoms with Crippen LogP contribution < -0.4 is 4.90 Å². The second kappa shape index (κ2) is 4.99. The van der Waals surface area contributed by atoms with Gasteiger partial charge >= 0.3 is 0 Å². The molecule has 1 N–H and O–H groups in total. The van der Waals surface area contributed by atoms with Crippen LogP contribution in [0, 0.1) is 5.92 Å². The maximum absolute atomic E-state index is 9.89. The third-order valence-corrected chi connectivity index (χ3v) is 4.03. The molecule has 3 unspecified atom stereocenters. The SMILES string of the molecule is CC1CC(C)N(c2ccc(Br)cc2C(C)O)C1. The second-order valence-corrected chi connectivity index (χ2v) is 6.14. The first-order valence-electron chi connectivity index (χ1n) is 6.23. The third-order valence-electron chi connectivity index (χ3n) is 3.53. The second-order valence-electron chi connectivity index (χ2n) is 5.22. The van der Waals surface area contributed by atoms with E-state index < -0.39 is 6.10 Å². The molecular formula is C14H20BrNO. The summed E-state index contributed by atoms with van der Waals surface area (Å²) in [4.78, 5) is 2.42. The summed E-state index contributed by atoms with van der Waals surface area (Å²) in [5.74, 6) is 0.732. The van der Waals surface area contributed by atoms with Gasteiger partial charge in [0.2, 0.25) is 0 Å². The predicted molar refractivity (Wildman–Crippen MR) is 75.4 cm³/mol. The summed E-state index contributed by atoms with van der Waals surface area (Å²) in [5, 5.41) is 9.89. The van der Waals surface area contributed by atoms with Crippen LogP contribution in [0.3, 0.4) is 0 Å². The standard InChI is InChI=1S/C14H20BrNO/c1-9-6-10(2)16(8-9)14-5-4-12(15)7-13(14)11(3)17/h4-5,7,9-11,17H,6,8H2,1-3H3. The van der Waals surface area contributed by atoms with E-state index in [4.69, 9.17) is 0 Å². The molecule has 1 aromatic rings. The van der Waals surface area contributed by atoms with Crippen molar-refractivity contribution < 1.29 is 5.11 Å². The van der Waals surface area contributed by atoms with Crippen LogP contribution in [-0.4, -0.2) is 17.7 Å².